The predicted octanol–water partition coefficient (Wildman–Crippen LogP) is 4.94. The smallest absolute Gasteiger partial charge is 0.148 e. The maximum atomic E-state index is 14.0. The number of benzene rings is 2. The lowest BCUT2D eigenvalue weighted by Crippen LogP contribution is -2.13. The molecular weight excluding hydrogens is 340 g/mol. The summed E-state index contributed by atoms with van der Waals surface area (Å²) >= 11 is 14.8. The molecule has 0 amide bonds. The number of hydrogen-bond donors (Lipinski definition) is 1. The van der Waals surface area contributed by atoms with E-state index in [1.807, 2.05) is 0 Å². The molecule has 0 aromatic heterocycles. The van der Waals surface area contributed by atoms with Crippen LogP contribution in [0.5, 0.6) is 0 Å². The molecule has 2 aromatic carbocycles. The van der Waals surface area contributed by atoms with Crippen LogP contribution in [0.3, 0.4) is 0 Å². The van der Waals surface area contributed by atoms with E-state index in [4.69, 9.17) is 28.9 Å². The summed E-state index contributed by atoms with van der Waals surface area (Å²) < 4.78 is 14.5. The van der Waals surface area contributed by atoms with Gasteiger partial charge in [-0.1, -0.05) is 41.4 Å². The molecule has 2 rings (SSSR count). The molecule has 2 aromatic rings. The second-order valence-electron chi connectivity index (χ2n) is 3.79. The van der Waals surface area contributed by atoms with E-state index in [0.29, 0.717) is 15.1 Å². The molecule has 0 saturated heterocycles. The highest BCUT2D eigenvalue weighted by atomic mass is 79.9. The molecule has 0 bridgehead atoms. The largest absolute Gasteiger partial charge is 0.320 e. The van der Waals surface area contributed by atoms with Gasteiger partial charge >= 0.3 is 0 Å². The predicted molar refractivity (Wildman–Crippen MR) is 76.6 cm³/mol. The summed E-state index contributed by atoms with van der Waals surface area (Å²) in [5.74, 6) is -0.506. The summed E-state index contributed by atoms with van der Waals surface area (Å²) in [5, 5.41) is 0.650. The number of halogens is 4. The Hall–Kier alpha value is -0.610. The SMILES string of the molecule is NC(c1ccc(Cl)cc1)c1ccc(Br)c(Cl)c1F. The van der Waals surface area contributed by atoms with Gasteiger partial charge in [0.05, 0.1) is 11.1 Å². The Morgan fingerprint density at radius 3 is 2.28 bits per heavy atom. The van der Waals surface area contributed by atoms with E-state index >= 15 is 0 Å². The topological polar surface area (TPSA) is 26.0 Å². The van der Waals surface area contributed by atoms with Gasteiger partial charge in [-0.15, -0.1) is 0 Å². The summed E-state index contributed by atoms with van der Waals surface area (Å²) in [7, 11) is 0. The molecule has 2 N–H and O–H groups in total. The number of hydrogen-bond acceptors (Lipinski definition) is 1. The quantitative estimate of drug-likeness (QED) is 0.764. The highest BCUT2D eigenvalue weighted by Gasteiger charge is 2.17. The summed E-state index contributed by atoms with van der Waals surface area (Å²) in [6.07, 6.45) is 0. The van der Waals surface area contributed by atoms with Crippen LogP contribution in [0.2, 0.25) is 10.0 Å². The second-order valence-corrected chi connectivity index (χ2v) is 5.46. The lowest BCUT2D eigenvalue weighted by Gasteiger charge is -2.14. The summed E-state index contributed by atoms with van der Waals surface area (Å²) in [4.78, 5) is 0. The summed E-state index contributed by atoms with van der Waals surface area (Å²) in [6.45, 7) is 0. The fraction of sp³-hybridized carbons (Fsp3) is 0.0769. The standard InChI is InChI=1S/C13H9BrCl2FN/c14-10-6-5-9(12(17)11(10)16)13(18)7-1-3-8(15)4-2-7/h1-6,13H,18H2. The van der Waals surface area contributed by atoms with E-state index < -0.39 is 11.9 Å². The molecule has 0 fully saturated rings. The minimum atomic E-state index is -0.576. The summed E-state index contributed by atoms with van der Waals surface area (Å²) in [6, 6.07) is 9.68. The minimum Gasteiger partial charge on any atom is -0.320 e. The highest BCUT2D eigenvalue weighted by molar-refractivity contribution is 9.10. The van der Waals surface area contributed by atoms with E-state index in [0.717, 1.165) is 5.56 Å². The first-order valence-corrected chi connectivity index (χ1v) is 6.70. The zero-order valence-corrected chi connectivity index (χ0v) is 12.2. The molecule has 0 aliphatic rings. The first-order chi connectivity index (χ1) is 8.50. The molecule has 0 radical (unpaired) electrons. The van der Waals surface area contributed by atoms with Gasteiger partial charge in [-0.2, -0.15) is 0 Å². The average molecular weight is 349 g/mol. The van der Waals surface area contributed by atoms with E-state index in [1.54, 1.807) is 36.4 Å². The normalized spacial score (nSPS) is 12.5. The molecule has 1 atom stereocenters. The maximum absolute atomic E-state index is 14.0. The van der Waals surface area contributed by atoms with Gasteiger partial charge in [0.25, 0.3) is 0 Å². The molecule has 18 heavy (non-hydrogen) atoms. The lowest BCUT2D eigenvalue weighted by atomic mass is 9.99. The van der Waals surface area contributed by atoms with Crippen LogP contribution < -0.4 is 5.73 Å². The van der Waals surface area contributed by atoms with Crippen molar-refractivity contribution in [2.24, 2.45) is 5.73 Å². The van der Waals surface area contributed by atoms with E-state index in [2.05, 4.69) is 15.9 Å². The zero-order valence-electron chi connectivity index (χ0n) is 9.13. The minimum absolute atomic E-state index is 0.0388. The maximum Gasteiger partial charge on any atom is 0.148 e. The molecule has 0 heterocycles. The molecule has 5 heteroatoms. The van der Waals surface area contributed by atoms with Crippen molar-refractivity contribution in [1.29, 1.82) is 0 Å². The van der Waals surface area contributed by atoms with Crippen molar-refractivity contribution in [2.75, 3.05) is 0 Å². The van der Waals surface area contributed by atoms with Gasteiger partial charge in [-0.3, -0.25) is 0 Å². The Morgan fingerprint density at radius 2 is 1.67 bits per heavy atom. The Morgan fingerprint density at radius 1 is 1.06 bits per heavy atom. The highest BCUT2D eigenvalue weighted by Crippen LogP contribution is 2.32. The van der Waals surface area contributed by atoms with Gasteiger partial charge < -0.3 is 5.73 Å². The van der Waals surface area contributed by atoms with Crippen molar-refractivity contribution in [1.82, 2.24) is 0 Å². The van der Waals surface area contributed by atoms with Crippen LogP contribution in [0.4, 0.5) is 4.39 Å². The number of nitrogens with two attached hydrogens (primary N) is 1. The third kappa shape index (κ3) is 2.69. The van der Waals surface area contributed by atoms with Crippen LogP contribution in [-0.2, 0) is 0 Å². The van der Waals surface area contributed by atoms with Gasteiger partial charge in [-0.25, -0.2) is 4.39 Å². The van der Waals surface area contributed by atoms with Gasteiger partial charge in [0.15, 0.2) is 0 Å². The third-order valence-corrected chi connectivity index (χ3v) is 4.14. The Kier molecular flexibility index (Phi) is 4.28. The first kappa shape index (κ1) is 13.8. The van der Waals surface area contributed by atoms with Crippen molar-refractivity contribution in [3.8, 4) is 0 Å². The molecule has 0 aliphatic heterocycles. The Bertz CT molecular complexity index is 572. The van der Waals surface area contributed by atoms with Crippen LogP contribution in [0.25, 0.3) is 0 Å². The van der Waals surface area contributed by atoms with Crippen LogP contribution in [0.15, 0.2) is 40.9 Å². The van der Waals surface area contributed by atoms with E-state index in [1.165, 1.54) is 0 Å². The van der Waals surface area contributed by atoms with Crippen molar-refractivity contribution in [3.05, 3.63) is 67.9 Å². The van der Waals surface area contributed by atoms with Crippen LogP contribution in [0, 0.1) is 5.82 Å². The molecule has 94 valence electrons. The Balaban J connectivity index is 2.43. The second kappa shape index (κ2) is 5.57. The van der Waals surface area contributed by atoms with Crippen molar-refractivity contribution in [3.63, 3.8) is 0 Å². The van der Waals surface area contributed by atoms with Crippen molar-refractivity contribution in [2.45, 2.75) is 6.04 Å². The van der Waals surface area contributed by atoms with Crippen LogP contribution in [0.1, 0.15) is 17.2 Å². The van der Waals surface area contributed by atoms with E-state index in [9.17, 15) is 4.39 Å². The monoisotopic (exact) mass is 347 g/mol. The zero-order chi connectivity index (χ0) is 13.3. The molecule has 0 spiro atoms. The van der Waals surface area contributed by atoms with Gasteiger partial charge in [0, 0.05) is 15.1 Å². The fourth-order valence-electron chi connectivity index (χ4n) is 1.63. The van der Waals surface area contributed by atoms with Gasteiger partial charge in [0.2, 0.25) is 0 Å². The fourth-order valence-corrected chi connectivity index (χ4v) is 2.24. The van der Waals surface area contributed by atoms with Crippen LogP contribution >= 0.6 is 39.1 Å². The van der Waals surface area contributed by atoms with Crippen LogP contribution in [-0.4, -0.2) is 0 Å². The van der Waals surface area contributed by atoms with Crippen molar-refractivity contribution < 1.29 is 4.39 Å². The lowest BCUT2D eigenvalue weighted by molar-refractivity contribution is 0.599. The van der Waals surface area contributed by atoms with Crippen molar-refractivity contribution >= 4 is 39.1 Å². The molecule has 1 nitrogen and oxygen atoms in total. The molecule has 1 unspecified atom stereocenters. The third-order valence-electron chi connectivity index (χ3n) is 2.63. The first-order valence-electron chi connectivity index (χ1n) is 5.15. The van der Waals surface area contributed by atoms with Gasteiger partial charge in [-0.05, 0) is 39.7 Å². The van der Waals surface area contributed by atoms with E-state index in [-0.39, 0.29) is 5.02 Å². The average Bonchev–Trinajstić information content (AvgIpc) is 2.36. The Labute approximate surface area is 123 Å². The molecule has 0 saturated carbocycles. The number of rotatable bonds is 2. The summed E-state index contributed by atoms with van der Waals surface area (Å²) in [5.41, 5.74) is 7.16. The molecule has 0 aliphatic carbocycles. The van der Waals surface area contributed by atoms with Gasteiger partial charge in [0.1, 0.15) is 5.82 Å². The molecular formula is C13H9BrCl2FN.